The predicted octanol–water partition coefficient (Wildman–Crippen LogP) is 0.936. The molecule has 7 nitrogen and oxygen atoms in total. The van der Waals surface area contributed by atoms with E-state index in [1.165, 1.54) is 6.07 Å². The number of rotatable bonds is 3. The Balaban J connectivity index is 1.86. The van der Waals surface area contributed by atoms with Crippen LogP contribution in [0.2, 0.25) is 0 Å². The first-order chi connectivity index (χ1) is 11.5. The van der Waals surface area contributed by atoms with E-state index >= 15 is 0 Å². The van der Waals surface area contributed by atoms with Gasteiger partial charge in [0, 0.05) is 56.4 Å². The fourth-order valence-electron chi connectivity index (χ4n) is 3.32. The van der Waals surface area contributed by atoms with Gasteiger partial charge in [-0.05, 0) is 19.5 Å². The molecule has 0 bridgehead atoms. The van der Waals surface area contributed by atoms with Gasteiger partial charge in [0.2, 0.25) is 5.56 Å². The summed E-state index contributed by atoms with van der Waals surface area (Å²) in [6.07, 6.45) is 3.70. The normalized spacial score (nSPS) is 18.8. The highest BCUT2D eigenvalue weighted by Gasteiger charge is 2.32. The van der Waals surface area contributed by atoms with Crippen molar-refractivity contribution in [2.75, 3.05) is 26.2 Å². The van der Waals surface area contributed by atoms with E-state index < -0.39 is 0 Å². The molecule has 1 aliphatic rings. The van der Waals surface area contributed by atoms with Crippen LogP contribution in [0, 0.1) is 6.92 Å². The Kier molecular flexibility index (Phi) is 4.53. The minimum atomic E-state index is -0.244. The number of nitrogens with zero attached hydrogens (tertiary/aromatic N) is 4. The fourth-order valence-corrected chi connectivity index (χ4v) is 3.32. The lowest BCUT2D eigenvalue weighted by atomic mass is 10.1. The first kappa shape index (κ1) is 16.4. The van der Waals surface area contributed by atoms with Gasteiger partial charge >= 0.3 is 0 Å². The van der Waals surface area contributed by atoms with Gasteiger partial charge in [-0.25, -0.2) is 4.98 Å². The number of carbonyl (C=O) groups excluding carboxylic acids is 1. The summed E-state index contributed by atoms with van der Waals surface area (Å²) in [6.45, 7) is 6.83. The molecule has 0 unspecified atom stereocenters. The van der Waals surface area contributed by atoms with Crippen LogP contribution in [-0.4, -0.2) is 56.4 Å². The number of pyridine rings is 1. The zero-order valence-corrected chi connectivity index (χ0v) is 14.3. The number of nitrogens with one attached hydrogen (secondary N) is 1. The van der Waals surface area contributed by atoms with Gasteiger partial charge in [0.05, 0.1) is 6.04 Å². The Labute approximate surface area is 140 Å². The van der Waals surface area contributed by atoms with Gasteiger partial charge in [-0.3, -0.25) is 14.5 Å². The van der Waals surface area contributed by atoms with Crippen LogP contribution >= 0.6 is 0 Å². The number of H-pyrrole nitrogens is 1. The number of aromatic amines is 1. The third-order valence-electron chi connectivity index (χ3n) is 4.57. The number of imidazole rings is 1. The standard InChI is InChI=1S/C17H23N5O2/c1-4-21-7-8-22(11-14(21)16-18-5-6-20(16)3)17(24)13-9-12(2)19-15(23)10-13/h5-6,9-10,14H,4,7-8,11H2,1-3H3,(H,19,23)/t14-/m0/s1. The average Bonchev–Trinajstić information content (AvgIpc) is 2.98. The molecule has 0 radical (unpaired) electrons. The smallest absolute Gasteiger partial charge is 0.254 e. The highest BCUT2D eigenvalue weighted by atomic mass is 16.2. The van der Waals surface area contributed by atoms with Gasteiger partial charge < -0.3 is 14.5 Å². The van der Waals surface area contributed by atoms with Gasteiger partial charge in [0.25, 0.3) is 5.91 Å². The number of piperazine rings is 1. The average molecular weight is 329 g/mol. The molecule has 1 N–H and O–H groups in total. The van der Waals surface area contributed by atoms with Gasteiger partial charge in [0.1, 0.15) is 5.82 Å². The molecule has 3 rings (SSSR count). The van der Waals surface area contributed by atoms with Crippen molar-refractivity contribution in [3.8, 4) is 0 Å². The molecule has 2 aromatic rings. The highest BCUT2D eigenvalue weighted by molar-refractivity contribution is 5.94. The van der Waals surface area contributed by atoms with Crippen molar-refractivity contribution in [3.05, 3.63) is 52.0 Å². The molecule has 1 amide bonds. The number of hydrogen-bond acceptors (Lipinski definition) is 4. The molecule has 1 aliphatic heterocycles. The molecule has 0 aliphatic carbocycles. The van der Waals surface area contributed by atoms with Gasteiger partial charge in [-0.1, -0.05) is 6.92 Å². The Morgan fingerprint density at radius 3 is 2.79 bits per heavy atom. The number of carbonyl (C=O) groups is 1. The Bertz CT molecular complexity index is 794. The molecule has 1 saturated heterocycles. The number of likely N-dealkylation sites (N-methyl/N-ethyl adjacent to an activating group) is 1. The monoisotopic (exact) mass is 329 g/mol. The number of aromatic nitrogens is 3. The second-order valence-corrected chi connectivity index (χ2v) is 6.21. The lowest BCUT2D eigenvalue weighted by molar-refractivity contribution is 0.0472. The third kappa shape index (κ3) is 3.12. The van der Waals surface area contributed by atoms with Crippen LogP contribution in [0.4, 0.5) is 0 Å². The lowest BCUT2D eigenvalue weighted by Gasteiger charge is -2.40. The first-order valence-electron chi connectivity index (χ1n) is 8.21. The van der Waals surface area contributed by atoms with Crippen LogP contribution in [0.1, 0.15) is 34.8 Å². The minimum absolute atomic E-state index is 0.0655. The molecule has 128 valence electrons. The van der Waals surface area contributed by atoms with Gasteiger partial charge in [-0.2, -0.15) is 0 Å². The van der Waals surface area contributed by atoms with Crippen LogP contribution in [0.5, 0.6) is 0 Å². The first-order valence-corrected chi connectivity index (χ1v) is 8.21. The number of amides is 1. The zero-order valence-electron chi connectivity index (χ0n) is 14.3. The SMILES string of the molecule is CCN1CCN(C(=O)c2cc(C)[nH]c(=O)c2)C[C@H]1c1nccn1C. The molecule has 0 aromatic carbocycles. The summed E-state index contributed by atoms with van der Waals surface area (Å²) in [4.78, 5) is 35.8. The predicted molar refractivity (Wildman–Crippen MR) is 90.9 cm³/mol. The van der Waals surface area contributed by atoms with Crippen LogP contribution in [0.3, 0.4) is 0 Å². The van der Waals surface area contributed by atoms with E-state index in [0.717, 1.165) is 18.9 Å². The van der Waals surface area contributed by atoms with E-state index in [2.05, 4.69) is 21.8 Å². The molecular weight excluding hydrogens is 306 g/mol. The highest BCUT2D eigenvalue weighted by Crippen LogP contribution is 2.24. The van der Waals surface area contributed by atoms with Gasteiger partial charge in [0.15, 0.2) is 0 Å². The van der Waals surface area contributed by atoms with E-state index in [0.29, 0.717) is 24.3 Å². The molecule has 24 heavy (non-hydrogen) atoms. The van der Waals surface area contributed by atoms with Crippen molar-refractivity contribution in [3.63, 3.8) is 0 Å². The Morgan fingerprint density at radius 2 is 2.17 bits per heavy atom. The summed E-state index contributed by atoms with van der Waals surface area (Å²) in [7, 11) is 1.97. The molecule has 0 spiro atoms. The maximum Gasteiger partial charge on any atom is 0.254 e. The summed E-state index contributed by atoms with van der Waals surface area (Å²) < 4.78 is 2.00. The van der Waals surface area contributed by atoms with Crippen LogP contribution in [0.25, 0.3) is 0 Å². The third-order valence-corrected chi connectivity index (χ3v) is 4.57. The van der Waals surface area contributed by atoms with E-state index in [1.54, 1.807) is 19.2 Å². The Morgan fingerprint density at radius 1 is 1.38 bits per heavy atom. The summed E-state index contributed by atoms with van der Waals surface area (Å²) in [5.41, 5.74) is 0.893. The lowest BCUT2D eigenvalue weighted by Crippen LogP contribution is -2.51. The van der Waals surface area contributed by atoms with Crippen molar-refractivity contribution in [2.24, 2.45) is 7.05 Å². The van der Waals surface area contributed by atoms with E-state index in [-0.39, 0.29) is 17.5 Å². The second kappa shape index (κ2) is 6.60. The van der Waals surface area contributed by atoms with E-state index in [4.69, 9.17) is 0 Å². The summed E-state index contributed by atoms with van der Waals surface area (Å²) >= 11 is 0. The van der Waals surface area contributed by atoms with E-state index in [9.17, 15) is 9.59 Å². The topological polar surface area (TPSA) is 74.2 Å². The van der Waals surface area contributed by atoms with Crippen molar-refractivity contribution < 1.29 is 4.79 Å². The zero-order chi connectivity index (χ0) is 17.3. The second-order valence-electron chi connectivity index (χ2n) is 6.21. The molecule has 3 heterocycles. The largest absolute Gasteiger partial charge is 0.337 e. The summed E-state index contributed by atoms with van der Waals surface area (Å²) in [5.74, 6) is 0.857. The van der Waals surface area contributed by atoms with Crippen LogP contribution in [-0.2, 0) is 7.05 Å². The quantitative estimate of drug-likeness (QED) is 0.909. The fraction of sp³-hybridized carbons (Fsp3) is 0.471. The van der Waals surface area contributed by atoms with Crippen molar-refractivity contribution >= 4 is 5.91 Å². The van der Waals surface area contributed by atoms with Crippen molar-refractivity contribution in [1.29, 1.82) is 0 Å². The van der Waals surface area contributed by atoms with Gasteiger partial charge in [-0.15, -0.1) is 0 Å². The summed E-state index contributed by atoms with van der Waals surface area (Å²) in [6, 6.07) is 3.17. The van der Waals surface area contributed by atoms with Crippen molar-refractivity contribution in [2.45, 2.75) is 19.9 Å². The molecule has 2 aromatic heterocycles. The molecule has 1 atom stereocenters. The molecule has 1 fully saturated rings. The molecule has 0 saturated carbocycles. The Hall–Kier alpha value is -2.41. The van der Waals surface area contributed by atoms with Crippen molar-refractivity contribution in [1.82, 2.24) is 24.3 Å². The van der Waals surface area contributed by atoms with Crippen LogP contribution < -0.4 is 5.56 Å². The van der Waals surface area contributed by atoms with Crippen LogP contribution in [0.15, 0.2) is 29.3 Å². The van der Waals surface area contributed by atoms with E-state index in [1.807, 2.05) is 22.7 Å². The maximum atomic E-state index is 12.8. The minimum Gasteiger partial charge on any atom is -0.337 e. The molecular formula is C17H23N5O2. The number of aryl methyl sites for hydroxylation is 2. The summed E-state index contributed by atoms with van der Waals surface area (Å²) in [5, 5.41) is 0. The maximum absolute atomic E-state index is 12.8. The molecule has 7 heteroatoms. The number of hydrogen-bond donors (Lipinski definition) is 1.